The molecule has 0 fully saturated rings. The minimum Gasteiger partial charge on any atom is -0.383 e. The van der Waals surface area contributed by atoms with E-state index in [2.05, 4.69) is 4.98 Å². The van der Waals surface area contributed by atoms with Crippen LogP contribution in [-0.2, 0) is 0 Å². The molecular weight excluding hydrogens is 195 g/mol. The quantitative estimate of drug-likeness (QED) is 0.750. The Labute approximate surface area is 81.0 Å². The van der Waals surface area contributed by atoms with Crippen LogP contribution >= 0.6 is 23.2 Å². The normalized spacial score (nSPS) is 10.8. The minimum atomic E-state index is 0.450. The van der Waals surface area contributed by atoms with Gasteiger partial charge >= 0.3 is 0 Å². The smallest absolute Gasteiger partial charge is 0.130 e. The number of nitrogen functional groups attached to an aromatic ring is 1. The van der Waals surface area contributed by atoms with Crippen LogP contribution in [-0.4, -0.2) is 10.9 Å². The number of pyridine rings is 1. The highest BCUT2D eigenvalue weighted by atomic mass is 35.5. The van der Waals surface area contributed by atoms with E-state index in [9.17, 15) is 0 Å². The highest BCUT2D eigenvalue weighted by Gasteiger charge is 1.96. The molecule has 1 rings (SSSR count). The van der Waals surface area contributed by atoms with Gasteiger partial charge in [0, 0.05) is 17.6 Å². The molecule has 0 amide bonds. The van der Waals surface area contributed by atoms with Crippen molar-refractivity contribution in [3.05, 3.63) is 28.9 Å². The van der Waals surface area contributed by atoms with Crippen molar-refractivity contribution in [2.75, 3.05) is 11.6 Å². The zero-order valence-corrected chi connectivity index (χ0v) is 7.81. The van der Waals surface area contributed by atoms with E-state index in [1.54, 1.807) is 18.2 Å². The Morgan fingerprint density at radius 1 is 1.58 bits per heavy atom. The van der Waals surface area contributed by atoms with Gasteiger partial charge in [0.2, 0.25) is 0 Å². The number of aromatic nitrogens is 1. The third-order valence-corrected chi connectivity index (χ3v) is 1.69. The van der Waals surface area contributed by atoms with Gasteiger partial charge in [0.25, 0.3) is 0 Å². The molecule has 0 radical (unpaired) electrons. The van der Waals surface area contributed by atoms with E-state index in [0.29, 0.717) is 16.7 Å². The Hall–Kier alpha value is -0.730. The third-order valence-electron chi connectivity index (χ3n) is 1.30. The van der Waals surface area contributed by atoms with Crippen LogP contribution in [0.2, 0.25) is 5.02 Å². The molecule has 0 aliphatic rings. The SMILES string of the molecule is Nc1ncc(Cl)cc1C=CCCl. The molecule has 0 bridgehead atoms. The molecule has 0 atom stereocenters. The fourth-order valence-corrected chi connectivity index (χ4v) is 1.03. The molecule has 12 heavy (non-hydrogen) atoms. The van der Waals surface area contributed by atoms with Gasteiger partial charge in [0.15, 0.2) is 0 Å². The van der Waals surface area contributed by atoms with Gasteiger partial charge in [-0.05, 0) is 6.07 Å². The lowest BCUT2D eigenvalue weighted by Gasteiger charge is -1.98. The lowest BCUT2D eigenvalue weighted by Crippen LogP contribution is -1.92. The van der Waals surface area contributed by atoms with Crippen molar-refractivity contribution in [1.29, 1.82) is 0 Å². The van der Waals surface area contributed by atoms with Crippen LogP contribution in [0, 0.1) is 0 Å². The summed E-state index contributed by atoms with van der Waals surface area (Å²) in [6, 6.07) is 1.74. The topological polar surface area (TPSA) is 38.9 Å². The largest absolute Gasteiger partial charge is 0.383 e. The first-order valence-electron chi connectivity index (χ1n) is 3.37. The average Bonchev–Trinajstić information content (AvgIpc) is 2.07. The van der Waals surface area contributed by atoms with E-state index in [0.717, 1.165) is 5.56 Å². The first-order valence-corrected chi connectivity index (χ1v) is 4.29. The Morgan fingerprint density at radius 2 is 2.33 bits per heavy atom. The summed E-state index contributed by atoms with van der Waals surface area (Å²) in [5.41, 5.74) is 6.36. The summed E-state index contributed by atoms with van der Waals surface area (Å²) in [6.07, 6.45) is 5.08. The number of nitrogens with zero attached hydrogens (tertiary/aromatic N) is 1. The Morgan fingerprint density at radius 3 is 3.00 bits per heavy atom. The number of hydrogen-bond donors (Lipinski definition) is 1. The van der Waals surface area contributed by atoms with Gasteiger partial charge in [-0.3, -0.25) is 0 Å². The molecule has 0 saturated heterocycles. The van der Waals surface area contributed by atoms with Crippen molar-refractivity contribution >= 4 is 35.1 Å². The fourth-order valence-electron chi connectivity index (χ4n) is 0.771. The van der Waals surface area contributed by atoms with Gasteiger partial charge in [-0.1, -0.05) is 23.8 Å². The standard InChI is InChI=1S/C8H8Cl2N2/c9-3-1-2-6-4-7(10)5-12-8(6)11/h1-2,4-5H,3H2,(H2,11,12). The summed E-state index contributed by atoms with van der Waals surface area (Å²) in [5.74, 6) is 0.909. The van der Waals surface area contributed by atoms with E-state index in [-0.39, 0.29) is 0 Å². The van der Waals surface area contributed by atoms with Gasteiger partial charge in [0.05, 0.1) is 5.02 Å². The number of alkyl halides is 1. The van der Waals surface area contributed by atoms with Crippen LogP contribution < -0.4 is 5.73 Å². The van der Waals surface area contributed by atoms with Crippen LogP contribution in [0.5, 0.6) is 0 Å². The van der Waals surface area contributed by atoms with E-state index in [1.807, 2.05) is 0 Å². The van der Waals surface area contributed by atoms with Gasteiger partial charge in [-0.15, -0.1) is 11.6 Å². The molecule has 0 aliphatic carbocycles. The van der Waals surface area contributed by atoms with Crippen LogP contribution in [0.3, 0.4) is 0 Å². The lowest BCUT2D eigenvalue weighted by atomic mass is 10.2. The molecule has 1 heterocycles. The predicted octanol–water partition coefficient (Wildman–Crippen LogP) is 2.57. The lowest BCUT2D eigenvalue weighted by molar-refractivity contribution is 1.32. The highest BCUT2D eigenvalue weighted by molar-refractivity contribution is 6.30. The summed E-state index contributed by atoms with van der Waals surface area (Å²) < 4.78 is 0. The van der Waals surface area contributed by atoms with Gasteiger partial charge in [-0.25, -0.2) is 4.98 Å². The molecule has 0 unspecified atom stereocenters. The van der Waals surface area contributed by atoms with E-state index >= 15 is 0 Å². The van der Waals surface area contributed by atoms with E-state index in [4.69, 9.17) is 28.9 Å². The zero-order chi connectivity index (χ0) is 8.97. The maximum absolute atomic E-state index is 5.71. The first-order chi connectivity index (χ1) is 5.74. The van der Waals surface area contributed by atoms with Crippen molar-refractivity contribution in [1.82, 2.24) is 4.98 Å². The van der Waals surface area contributed by atoms with E-state index < -0.39 is 0 Å². The second-order valence-corrected chi connectivity index (χ2v) is 2.93. The van der Waals surface area contributed by atoms with Crippen LogP contribution in [0.1, 0.15) is 5.56 Å². The van der Waals surface area contributed by atoms with Crippen LogP contribution in [0.4, 0.5) is 5.82 Å². The van der Waals surface area contributed by atoms with Gasteiger partial charge in [0.1, 0.15) is 5.82 Å². The summed E-state index contributed by atoms with van der Waals surface area (Å²) in [4.78, 5) is 3.88. The fraction of sp³-hybridized carbons (Fsp3) is 0.125. The number of allylic oxidation sites excluding steroid dienone is 1. The van der Waals surface area contributed by atoms with Crippen molar-refractivity contribution in [3.8, 4) is 0 Å². The Bertz CT molecular complexity index is 297. The number of nitrogens with two attached hydrogens (primary N) is 1. The summed E-state index contributed by atoms with van der Waals surface area (Å²) in [5, 5.41) is 0.568. The molecule has 2 N–H and O–H groups in total. The summed E-state index contributed by atoms with van der Waals surface area (Å²) >= 11 is 11.2. The Kier molecular flexibility index (Phi) is 3.38. The first kappa shape index (κ1) is 9.36. The molecule has 4 heteroatoms. The van der Waals surface area contributed by atoms with E-state index in [1.165, 1.54) is 6.20 Å². The van der Waals surface area contributed by atoms with Crippen molar-refractivity contribution in [2.24, 2.45) is 0 Å². The van der Waals surface area contributed by atoms with Gasteiger partial charge < -0.3 is 5.73 Å². The molecule has 0 aliphatic heterocycles. The number of rotatable bonds is 2. The second kappa shape index (κ2) is 4.33. The zero-order valence-electron chi connectivity index (χ0n) is 6.30. The van der Waals surface area contributed by atoms with Crippen molar-refractivity contribution < 1.29 is 0 Å². The molecule has 2 nitrogen and oxygen atoms in total. The third kappa shape index (κ3) is 2.40. The average molecular weight is 203 g/mol. The molecule has 0 saturated carbocycles. The van der Waals surface area contributed by atoms with Crippen molar-refractivity contribution in [3.63, 3.8) is 0 Å². The Balaban J connectivity index is 2.97. The summed E-state index contributed by atoms with van der Waals surface area (Å²) in [6.45, 7) is 0. The van der Waals surface area contributed by atoms with Crippen LogP contribution in [0.25, 0.3) is 6.08 Å². The van der Waals surface area contributed by atoms with Crippen LogP contribution in [0.15, 0.2) is 18.3 Å². The number of anilines is 1. The highest BCUT2D eigenvalue weighted by Crippen LogP contribution is 2.15. The predicted molar refractivity (Wildman–Crippen MR) is 53.4 cm³/mol. The van der Waals surface area contributed by atoms with Crippen molar-refractivity contribution in [2.45, 2.75) is 0 Å². The maximum Gasteiger partial charge on any atom is 0.130 e. The molecule has 0 aromatic carbocycles. The molecule has 0 spiro atoms. The monoisotopic (exact) mass is 202 g/mol. The molecular formula is C8H8Cl2N2. The maximum atomic E-state index is 5.71. The number of hydrogen-bond acceptors (Lipinski definition) is 2. The number of halogens is 2. The molecule has 1 aromatic rings. The molecule has 64 valence electrons. The second-order valence-electron chi connectivity index (χ2n) is 2.18. The molecule has 1 aromatic heterocycles. The minimum absolute atomic E-state index is 0.450. The summed E-state index contributed by atoms with van der Waals surface area (Å²) in [7, 11) is 0. The van der Waals surface area contributed by atoms with Gasteiger partial charge in [-0.2, -0.15) is 0 Å².